The second-order valence-corrected chi connectivity index (χ2v) is 5.48. The van der Waals surface area contributed by atoms with Gasteiger partial charge in [0.15, 0.2) is 5.65 Å². The van der Waals surface area contributed by atoms with Crippen LogP contribution in [0.3, 0.4) is 0 Å². The van der Waals surface area contributed by atoms with E-state index in [1.807, 2.05) is 32.3 Å². The van der Waals surface area contributed by atoms with Crippen molar-refractivity contribution >= 4 is 28.5 Å². The van der Waals surface area contributed by atoms with Gasteiger partial charge in [0.25, 0.3) is 0 Å². The summed E-state index contributed by atoms with van der Waals surface area (Å²) < 4.78 is 1.75. The Morgan fingerprint density at radius 1 is 1.29 bits per heavy atom. The van der Waals surface area contributed by atoms with E-state index < -0.39 is 0 Å². The van der Waals surface area contributed by atoms with Gasteiger partial charge in [0.1, 0.15) is 12.1 Å². The zero-order valence-corrected chi connectivity index (χ0v) is 12.9. The Morgan fingerprint density at radius 2 is 2.10 bits per heavy atom. The molecule has 0 saturated carbocycles. The lowest BCUT2D eigenvalue weighted by molar-refractivity contribution is 0.730. The Balaban J connectivity index is 2.02. The summed E-state index contributed by atoms with van der Waals surface area (Å²) in [6.45, 7) is 2.12. The van der Waals surface area contributed by atoms with Gasteiger partial charge in [-0.1, -0.05) is 23.7 Å². The van der Waals surface area contributed by atoms with Crippen LogP contribution in [0.2, 0.25) is 5.02 Å². The number of anilines is 1. The van der Waals surface area contributed by atoms with E-state index in [4.69, 9.17) is 11.6 Å². The van der Waals surface area contributed by atoms with Crippen LogP contribution in [0.5, 0.6) is 0 Å². The zero-order chi connectivity index (χ0) is 15.0. The molecule has 2 aromatic heterocycles. The van der Waals surface area contributed by atoms with Crippen molar-refractivity contribution in [3.8, 4) is 0 Å². The minimum atomic E-state index is 0.141. The summed E-state index contributed by atoms with van der Waals surface area (Å²) in [5.74, 6) is 0.862. The summed E-state index contributed by atoms with van der Waals surface area (Å²) in [4.78, 5) is 10.8. The van der Waals surface area contributed by atoms with Crippen LogP contribution in [0.4, 0.5) is 5.82 Å². The standard InChI is InChI=1S/C15H16ClN5/c1-10(11-5-4-6-12(16)7-11)20(2)14-13-8-19-21(3)15(13)18-9-17-14/h4-10H,1-3H3. The van der Waals surface area contributed by atoms with E-state index >= 15 is 0 Å². The number of rotatable bonds is 3. The zero-order valence-electron chi connectivity index (χ0n) is 12.2. The average Bonchev–Trinajstić information content (AvgIpc) is 2.87. The van der Waals surface area contributed by atoms with E-state index in [0.29, 0.717) is 0 Å². The lowest BCUT2D eigenvalue weighted by Crippen LogP contribution is -2.23. The van der Waals surface area contributed by atoms with Gasteiger partial charge in [0, 0.05) is 19.1 Å². The maximum absolute atomic E-state index is 6.08. The molecule has 2 heterocycles. The van der Waals surface area contributed by atoms with E-state index in [1.54, 1.807) is 17.2 Å². The molecule has 0 radical (unpaired) electrons. The second-order valence-electron chi connectivity index (χ2n) is 5.04. The molecule has 5 nitrogen and oxygen atoms in total. The molecule has 0 N–H and O–H groups in total. The van der Waals surface area contributed by atoms with Gasteiger partial charge < -0.3 is 4.90 Å². The number of nitrogens with zero attached hydrogens (tertiary/aromatic N) is 5. The lowest BCUT2D eigenvalue weighted by atomic mass is 10.1. The molecule has 0 amide bonds. The van der Waals surface area contributed by atoms with E-state index in [1.165, 1.54) is 0 Å². The van der Waals surface area contributed by atoms with Gasteiger partial charge >= 0.3 is 0 Å². The molecule has 1 unspecified atom stereocenters. The Kier molecular flexibility index (Phi) is 3.51. The summed E-state index contributed by atoms with van der Waals surface area (Å²) in [6.07, 6.45) is 3.37. The average molecular weight is 302 g/mol. The summed E-state index contributed by atoms with van der Waals surface area (Å²) >= 11 is 6.08. The van der Waals surface area contributed by atoms with Crippen molar-refractivity contribution in [2.24, 2.45) is 7.05 Å². The van der Waals surface area contributed by atoms with E-state index in [2.05, 4.69) is 33.0 Å². The molecule has 3 rings (SSSR count). The van der Waals surface area contributed by atoms with Gasteiger partial charge in [-0.15, -0.1) is 0 Å². The van der Waals surface area contributed by atoms with Crippen molar-refractivity contribution in [3.05, 3.63) is 47.4 Å². The first-order valence-corrected chi connectivity index (χ1v) is 7.06. The molecular formula is C15H16ClN5. The molecule has 0 aliphatic carbocycles. The quantitative estimate of drug-likeness (QED) is 0.745. The van der Waals surface area contributed by atoms with Crippen LogP contribution in [0.1, 0.15) is 18.5 Å². The first-order chi connectivity index (χ1) is 10.1. The summed E-state index contributed by atoms with van der Waals surface area (Å²) in [6, 6.07) is 8.02. The van der Waals surface area contributed by atoms with Gasteiger partial charge in [-0.25, -0.2) is 9.97 Å². The molecule has 0 spiro atoms. The third-order valence-corrected chi connectivity index (χ3v) is 3.99. The highest BCUT2D eigenvalue weighted by atomic mass is 35.5. The highest BCUT2D eigenvalue weighted by Crippen LogP contribution is 2.29. The van der Waals surface area contributed by atoms with Crippen LogP contribution in [-0.2, 0) is 7.05 Å². The van der Waals surface area contributed by atoms with Crippen LogP contribution in [0.15, 0.2) is 36.8 Å². The molecule has 1 aromatic carbocycles. The predicted molar refractivity (Wildman–Crippen MR) is 84.6 cm³/mol. The van der Waals surface area contributed by atoms with Crippen molar-refractivity contribution in [3.63, 3.8) is 0 Å². The first-order valence-electron chi connectivity index (χ1n) is 6.69. The van der Waals surface area contributed by atoms with Crippen molar-refractivity contribution in [2.45, 2.75) is 13.0 Å². The Bertz CT molecular complexity index is 783. The highest BCUT2D eigenvalue weighted by molar-refractivity contribution is 6.30. The maximum Gasteiger partial charge on any atom is 0.163 e. The van der Waals surface area contributed by atoms with E-state index in [-0.39, 0.29) is 6.04 Å². The molecule has 21 heavy (non-hydrogen) atoms. The van der Waals surface area contributed by atoms with Gasteiger partial charge in [-0.2, -0.15) is 5.10 Å². The molecule has 6 heteroatoms. The predicted octanol–water partition coefficient (Wildman–Crippen LogP) is 3.21. The molecule has 1 atom stereocenters. The number of benzene rings is 1. The number of halogens is 1. The lowest BCUT2D eigenvalue weighted by Gasteiger charge is -2.26. The van der Waals surface area contributed by atoms with Crippen LogP contribution < -0.4 is 4.90 Å². The van der Waals surface area contributed by atoms with Crippen LogP contribution in [-0.4, -0.2) is 26.8 Å². The molecule has 108 valence electrons. The van der Waals surface area contributed by atoms with Gasteiger partial charge in [0.05, 0.1) is 17.6 Å². The molecule has 0 aliphatic rings. The van der Waals surface area contributed by atoms with Gasteiger partial charge in [-0.3, -0.25) is 4.68 Å². The van der Waals surface area contributed by atoms with Crippen molar-refractivity contribution in [1.29, 1.82) is 0 Å². The molecule has 0 bridgehead atoms. The third-order valence-electron chi connectivity index (χ3n) is 3.75. The van der Waals surface area contributed by atoms with Crippen LogP contribution in [0, 0.1) is 0 Å². The van der Waals surface area contributed by atoms with Gasteiger partial charge in [-0.05, 0) is 24.6 Å². The minimum Gasteiger partial charge on any atom is -0.352 e. The number of aryl methyl sites for hydroxylation is 1. The maximum atomic E-state index is 6.08. The first kappa shape index (κ1) is 13.8. The largest absolute Gasteiger partial charge is 0.352 e. The molecule has 0 fully saturated rings. The molecular weight excluding hydrogens is 286 g/mol. The summed E-state index contributed by atoms with van der Waals surface area (Å²) in [7, 11) is 3.89. The van der Waals surface area contributed by atoms with Crippen molar-refractivity contribution < 1.29 is 0 Å². The second kappa shape index (κ2) is 5.33. The Morgan fingerprint density at radius 3 is 2.86 bits per heavy atom. The smallest absolute Gasteiger partial charge is 0.163 e. The number of fused-ring (bicyclic) bond motifs is 1. The SMILES string of the molecule is CC(c1cccc(Cl)c1)N(C)c1ncnc2c1cnn2C. The topological polar surface area (TPSA) is 46.8 Å². The van der Waals surface area contributed by atoms with Crippen LogP contribution >= 0.6 is 11.6 Å². The number of hydrogen-bond acceptors (Lipinski definition) is 4. The monoisotopic (exact) mass is 301 g/mol. The van der Waals surface area contributed by atoms with Crippen molar-refractivity contribution in [1.82, 2.24) is 19.7 Å². The van der Waals surface area contributed by atoms with Crippen molar-refractivity contribution in [2.75, 3.05) is 11.9 Å². The van der Waals surface area contributed by atoms with E-state index in [9.17, 15) is 0 Å². The van der Waals surface area contributed by atoms with Gasteiger partial charge in [0.2, 0.25) is 0 Å². The Labute approximate surface area is 128 Å². The highest BCUT2D eigenvalue weighted by Gasteiger charge is 2.17. The summed E-state index contributed by atoms with van der Waals surface area (Å²) in [5, 5.41) is 5.93. The molecule has 0 saturated heterocycles. The van der Waals surface area contributed by atoms with E-state index in [0.717, 1.165) is 27.4 Å². The third kappa shape index (κ3) is 2.45. The normalized spacial score (nSPS) is 12.6. The summed E-state index contributed by atoms with van der Waals surface area (Å²) in [5.41, 5.74) is 1.96. The number of aromatic nitrogens is 4. The fourth-order valence-electron chi connectivity index (χ4n) is 2.40. The molecule has 0 aliphatic heterocycles. The molecule has 3 aromatic rings. The van der Waals surface area contributed by atoms with Crippen LogP contribution in [0.25, 0.3) is 11.0 Å². The fraction of sp³-hybridized carbons (Fsp3) is 0.267. The number of hydrogen-bond donors (Lipinski definition) is 0. The fourth-order valence-corrected chi connectivity index (χ4v) is 2.60. The minimum absolute atomic E-state index is 0.141. The Hall–Kier alpha value is -2.14.